The molecular formula is C17H25ClN4O5S. The number of carbonyl (C=O) groups is 3. The molecule has 1 saturated heterocycles. The maximum atomic E-state index is 13.0. The number of carbonyl (C=O) groups excluding carboxylic acids is 3. The number of β-lactam (4-membered cyclic amide) rings is 1. The molecule has 3 aliphatic rings. The van der Waals surface area contributed by atoms with Crippen LogP contribution >= 0.6 is 24.2 Å². The maximum Gasteiger partial charge on any atom is 0.355 e. The van der Waals surface area contributed by atoms with Crippen LogP contribution in [0.2, 0.25) is 0 Å². The first-order chi connectivity index (χ1) is 12.6. The van der Waals surface area contributed by atoms with E-state index in [1.807, 2.05) is 0 Å². The predicted octanol–water partition coefficient (Wildman–Crippen LogP) is 0.181. The fourth-order valence-corrected chi connectivity index (χ4v) is 4.56. The largest absolute Gasteiger partial charge is 0.461 e. The van der Waals surface area contributed by atoms with Gasteiger partial charge in [0.1, 0.15) is 29.1 Å². The van der Waals surface area contributed by atoms with Gasteiger partial charge in [0.15, 0.2) is 5.54 Å². The summed E-state index contributed by atoms with van der Waals surface area (Å²) >= 11 is 1.41. The highest BCUT2D eigenvalue weighted by atomic mass is 35.5. The Kier molecular flexibility index (Phi) is 6.37. The summed E-state index contributed by atoms with van der Waals surface area (Å²) < 4.78 is 10.5. The van der Waals surface area contributed by atoms with Gasteiger partial charge in [-0.25, -0.2) is 4.79 Å². The molecule has 3 aliphatic heterocycles. The van der Waals surface area contributed by atoms with E-state index in [1.165, 1.54) is 23.6 Å². The van der Waals surface area contributed by atoms with Gasteiger partial charge in [-0.05, 0) is 20.8 Å². The van der Waals surface area contributed by atoms with Crippen molar-refractivity contribution in [3.8, 4) is 0 Å². The van der Waals surface area contributed by atoms with Crippen molar-refractivity contribution in [2.45, 2.75) is 44.2 Å². The number of esters is 2. The van der Waals surface area contributed by atoms with Gasteiger partial charge in [-0.15, -0.1) is 24.2 Å². The highest BCUT2D eigenvalue weighted by Gasteiger charge is 2.66. The first-order valence-electron chi connectivity index (χ1n) is 8.67. The third-order valence-corrected chi connectivity index (χ3v) is 5.71. The Morgan fingerprint density at radius 3 is 2.64 bits per heavy atom. The molecule has 2 atom stereocenters. The minimum atomic E-state index is -1.29. The van der Waals surface area contributed by atoms with Gasteiger partial charge in [0, 0.05) is 24.8 Å². The molecule has 1 unspecified atom stereocenters. The van der Waals surface area contributed by atoms with Gasteiger partial charge in [-0.2, -0.15) is 0 Å². The smallest absolute Gasteiger partial charge is 0.355 e. The SMILES string of the molecule is CC(=O)OCC1=C(C(=O)OC(C)(C)C)N2C(=O)C(N)(C3=NCCN3)[C@@H]2SC1.Cl. The maximum absolute atomic E-state index is 13.0. The van der Waals surface area contributed by atoms with Gasteiger partial charge in [0.05, 0.1) is 6.54 Å². The Morgan fingerprint density at radius 1 is 1.43 bits per heavy atom. The van der Waals surface area contributed by atoms with Crippen molar-refractivity contribution < 1.29 is 23.9 Å². The van der Waals surface area contributed by atoms with Gasteiger partial charge < -0.3 is 20.5 Å². The molecule has 28 heavy (non-hydrogen) atoms. The number of hydrogen-bond acceptors (Lipinski definition) is 9. The van der Waals surface area contributed by atoms with Gasteiger partial charge in [0.2, 0.25) is 0 Å². The molecule has 0 aliphatic carbocycles. The van der Waals surface area contributed by atoms with Crippen LogP contribution in [-0.2, 0) is 23.9 Å². The van der Waals surface area contributed by atoms with Crippen LogP contribution in [0.4, 0.5) is 0 Å². The first kappa shape index (κ1) is 22.5. The second-order valence-corrected chi connectivity index (χ2v) is 8.67. The van der Waals surface area contributed by atoms with Crippen molar-refractivity contribution in [1.82, 2.24) is 10.2 Å². The molecular weight excluding hydrogens is 408 g/mol. The lowest BCUT2D eigenvalue weighted by Gasteiger charge is -2.55. The highest BCUT2D eigenvalue weighted by molar-refractivity contribution is 8.00. The standard InChI is InChI=1S/C17H24N4O5S.ClH/c1-9(22)25-7-10-8-27-15-17(18,13-19-5-6-20-13)14(24)21(15)11(10)12(23)26-16(2,3)4;/h15H,5-8,18H2,1-4H3,(H,19,20);1H/t15-,17?;/m0./s1. The van der Waals surface area contributed by atoms with Crippen LogP contribution in [0.3, 0.4) is 0 Å². The molecule has 0 saturated carbocycles. The summed E-state index contributed by atoms with van der Waals surface area (Å²) in [6.45, 7) is 7.63. The van der Waals surface area contributed by atoms with E-state index in [1.54, 1.807) is 20.8 Å². The number of nitrogens with one attached hydrogen (secondary N) is 1. The predicted molar refractivity (Wildman–Crippen MR) is 107 cm³/mol. The number of ether oxygens (including phenoxy) is 2. The number of thioether (sulfide) groups is 1. The second kappa shape index (κ2) is 7.92. The Labute approximate surface area is 173 Å². The summed E-state index contributed by atoms with van der Waals surface area (Å²) in [5, 5.41) is 2.58. The lowest BCUT2D eigenvalue weighted by atomic mass is 9.86. The van der Waals surface area contributed by atoms with E-state index in [2.05, 4.69) is 10.3 Å². The van der Waals surface area contributed by atoms with Crippen molar-refractivity contribution >= 4 is 47.9 Å². The summed E-state index contributed by atoms with van der Waals surface area (Å²) in [6.07, 6.45) is 0. The number of amidine groups is 1. The van der Waals surface area contributed by atoms with Crippen LogP contribution in [0.25, 0.3) is 0 Å². The number of nitrogens with two attached hydrogens (primary N) is 1. The third-order valence-electron chi connectivity index (χ3n) is 4.30. The lowest BCUT2D eigenvalue weighted by molar-refractivity contribution is -0.159. The highest BCUT2D eigenvalue weighted by Crippen LogP contribution is 2.46. The molecule has 0 radical (unpaired) electrons. The van der Waals surface area contributed by atoms with Crippen molar-refractivity contribution in [3.63, 3.8) is 0 Å². The minimum absolute atomic E-state index is 0. The Hall–Kier alpha value is -1.78. The van der Waals surface area contributed by atoms with Gasteiger partial charge in [-0.1, -0.05) is 0 Å². The van der Waals surface area contributed by atoms with Gasteiger partial charge >= 0.3 is 11.9 Å². The summed E-state index contributed by atoms with van der Waals surface area (Å²) in [7, 11) is 0. The van der Waals surface area contributed by atoms with Crippen molar-refractivity contribution in [2.24, 2.45) is 10.7 Å². The topological polar surface area (TPSA) is 123 Å². The average Bonchev–Trinajstić information content (AvgIpc) is 3.11. The van der Waals surface area contributed by atoms with Crippen LogP contribution in [0.5, 0.6) is 0 Å². The molecule has 0 aromatic heterocycles. The van der Waals surface area contributed by atoms with E-state index in [0.717, 1.165) is 0 Å². The van der Waals surface area contributed by atoms with Crippen molar-refractivity contribution in [1.29, 1.82) is 0 Å². The Balaban J connectivity index is 0.00000280. The summed E-state index contributed by atoms with van der Waals surface area (Å²) in [5.74, 6) is -0.678. The number of fused-ring (bicyclic) bond motifs is 1. The quantitative estimate of drug-likeness (QED) is 0.476. The number of halogens is 1. The molecule has 0 aromatic rings. The van der Waals surface area contributed by atoms with E-state index in [-0.39, 0.29) is 24.7 Å². The minimum Gasteiger partial charge on any atom is -0.461 e. The van der Waals surface area contributed by atoms with Gasteiger partial charge in [-0.3, -0.25) is 19.5 Å². The van der Waals surface area contributed by atoms with Crippen LogP contribution in [0.1, 0.15) is 27.7 Å². The fraction of sp³-hybridized carbons (Fsp3) is 0.647. The molecule has 9 nitrogen and oxygen atoms in total. The number of aliphatic imine (C=N–C) groups is 1. The molecule has 0 aromatic carbocycles. The van der Waals surface area contributed by atoms with E-state index < -0.39 is 34.4 Å². The molecule has 0 spiro atoms. The summed E-state index contributed by atoms with van der Waals surface area (Å²) in [5.41, 5.74) is 5.01. The van der Waals surface area contributed by atoms with E-state index in [9.17, 15) is 14.4 Å². The second-order valence-electron chi connectivity index (χ2n) is 7.60. The number of hydrogen-bond donors (Lipinski definition) is 2. The van der Waals surface area contributed by atoms with Crippen molar-refractivity contribution in [3.05, 3.63) is 11.3 Å². The normalized spacial score (nSPS) is 26.5. The molecule has 0 bridgehead atoms. The summed E-state index contributed by atoms with van der Waals surface area (Å²) in [4.78, 5) is 42.7. The van der Waals surface area contributed by atoms with E-state index in [0.29, 0.717) is 30.3 Å². The van der Waals surface area contributed by atoms with E-state index >= 15 is 0 Å². The zero-order valence-corrected chi connectivity index (χ0v) is 17.9. The molecule has 3 rings (SSSR count). The summed E-state index contributed by atoms with van der Waals surface area (Å²) in [6, 6.07) is 0. The zero-order chi connectivity index (χ0) is 20.0. The van der Waals surface area contributed by atoms with Crippen molar-refractivity contribution in [2.75, 3.05) is 25.4 Å². The third kappa shape index (κ3) is 3.85. The molecule has 156 valence electrons. The van der Waals surface area contributed by atoms with E-state index in [4.69, 9.17) is 15.2 Å². The van der Waals surface area contributed by atoms with Crippen LogP contribution in [0.15, 0.2) is 16.3 Å². The molecule has 11 heteroatoms. The lowest BCUT2D eigenvalue weighted by Crippen LogP contribution is -2.82. The monoisotopic (exact) mass is 432 g/mol. The number of nitrogens with zero attached hydrogens (tertiary/aromatic N) is 2. The number of rotatable bonds is 4. The van der Waals surface area contributed by atoms with Crippen LogP contribution < -0.4 is 11.1 Å². The Bertz CT molecular complexity index is 763. The number of amides is 1. The first-order valence-corrected chi connectivity index (χ1v) is 9.72. The average molecular weight is 433 g/mol. The molecule has 1 fully saturated rings. The van der Waals surface area contributed by atoms with Crippen LogP contribution in [-0.4, -0.2) is 70.5 Å². The van der Waals surface area contributed by atoms with Gasteiger partial charge in [0.25, 0.3) is 5.91 Å². The zero-order valence-electron chi connectivity index (χ0n) is 16.2. The Morgan fingerprint density at radius 2 is 2.11 bits per heavy atom. The fourth-order valence-electron chi connectivity index (χ4n) is 3.15. The molecule has 1 amide bonds. The van der Waals surface area contributed by atoms with Crippen LogP contribution in [0, 0.1) is 0 Å². The molecule has 3 heterocycles. The molecule has 3 N–H and O–H groups in total.